The fraction of sp³-hybridized carbons (Fsp3) is 0.548. The van der Waals surface area contributed by atoms with Gasteiger partial charge in [-0.25, -0.2) is 0 Å². The van der Waals surface area contributed by atoms with Crippen LogP contribution in [0.3, 0.4) is 0 Å². The molecule has 0 saturated carbocycles. The molecule has 0 radical (unpaired) electrons. The summed E-state index contributed by atoms with van der Waals surface area (Å²) in [4.78, 5) is 0. The Balaban J connectivity index is 1.77. The van der Waals surface area contributed by atoms with E-state index in [0.717, 1.165) is 12.8 Å². The minimum atomic E-state index is -0.178. The van der Waals surface area contributed by atoms with Gasteiger partial charge in [0.2, 0.25) is 0 Å². The minimum absolute atomic E-state index is 0.178. The van der Waals surface area contributed by atoms with Gasteiger partial charge in [0, 0.05) is 32.8 Å². The topological polar surface area (TPSA) is 55.4 Å². The second-order valence-electron chi connectivity index (χ2n) is 9.37. The minimum Gasteiger partial charge on any atom is -0.382 e. The van der Waals surface area contributed by atoms with E-state index in [9.17, 15) is 0 Å². The van der Waals surface area contributed by atoms with Crippen molar-refractivity contribution in [3.8, 4) is 11.1 Å². The van der Waals surface area contributed by atoms with Gasteiger partial charge < -0.3 is 28.4 Å². The summed E-state index contributed by atoms with van der Waals surface area (Å²) in [5, 5.41) is 0. The lowest BCUT2D eigenvalue weighted by molar-refractivity contribution is 0.0145. The maximum atomic E-state index is 6.07. The van der Waals surface area contributed by atoms with E-state index in [1.165, 1.54) is 33.4 Å². The van der Waals surface area contributed by atoms with Crippen molar-refractivity contribution in [2.75, 3.05) is 80.3 Å². The second kappa shape index (κ2) is 16.0. The zero-order valence-electron chi connectivity index (χ0n) is 23.1. The molecule has 0 saturated heterocycles. The third kappa shape index (κ3) is 8.21. The summed E-state index contributed by atoms with van der Waals surface area (Å²) in [5.74, 6) is 0. The van der Waals surface area contributed by atoms with E-state index in [1.807, 2.05) is 0 Å². The van der Waals surface area contributed by atoms with Crippen LogP contribution in [0.25, 0.3) is 17.2 Å². The predicted octanol–water partition coefficient (Wildman–Crippen LogP) is 5.43. The molecule has 37 heavy (non-hydrogen) atoms. The Morgan fingerprint density at radius 3 is 1.65 bits per heavy atom. The van der Waals surface area contributed by atoms with Crippen molar-refractivity contribution < 1.29 is 28.4 Å². The maximum Gasteiger partial charge on any atom is 0.0701 e. The standard InChI is InChI=1S/C31H44O6/c1-5-6-26-8-10-28-27-9-7-25(2)23-29(27)31(30(28)24-26,11-13-34-19-21-36-17-15-32-3)12-14-35-20-22-37-18-16-33-4/h5-10,23-24H,11-22H2,1-4H3/b6-5+. The van der Waals surface area contributed by atoms with Crippen LogP contribution in [-0.2, 0) is 33.8 Å². The number of ether oxygens (including phenoxy) is 6. The van der Waals surface area contributed by atoms with Crippen LogP contribution in [0.2, 0.25) is 0 Å². The molecule has 204 valence electrons. The first kappa shape index (κ1) is 29.5. The Hall–Kier alpha value is -2.06. The molecule has 0 spiro atoms. The van der Waals surface area contributed by atoms with Gasteiger partial charge in [0.25, 0.3) is 0 Å². The van der Waals surface area contributed by atoms with Crippen molar-refractivity contribution in [2.24, 2.45) is 0 Å². The monoisotopic (exact) mass is 512 g/mol. The second-order valence-corrected chi connectivity index (χ2v) is 9.37. The summed E-state index contributed by atoms with van der Waals surface area (Å²) >= 11 is 0. The molecule has 0 fully saturated rings. The smallest absolute Gasteiger partial charge is 0.0701 e. The van der Waals surface area contributed by atoms with E-state index >= 15 is 0 Å². The molecular weight excluding hydrogens is 468 g/mol. The average Bonchev–Trinajstić information content (AvgIpc) is 3.16. The first-order chi connectivity index (χ1) is 18.2. The number of benzene rings is 2. The Bertz CT molecular complexity index is 950. The molecule has 2 aromatic rings. The van der Waals surface area contributed by atoms with Crippen molar-refractivity contribution in [1.82, 2.24) is 0 Å². The van der Waals surface area contributed by atoms with Crippen molar-refractivity contribution >= 4 is 6.08 Å². The molecule has 2 aromatic carbocycles. The fourth-order valence-corrected chi connectivity index (χ4v) is 5.01. The summed E-state index contributed by atoms with van der Waals surface area (Å²) in [5.41, 5.74) is 7.68. The number of rotatable bonds is 19. The van der Waals surface area contributed by atoms with Crippen LogP contribution in [-0.4, -0.2) is 80.3 Å². The number of fused-ring (bicyclic) bond motifs is 3. The van der Waals surface area contributed by atoms with E-state index in [-0.39, 0.29) is 5.41 Å². The molecule has 6 heteroatoms. The first-order valence-corrected chi connectivity index (χ1v) is 13.3. The third-order valence-corrected chi connectivity index (χ3v) is 6.85. The third-order valence-electron chi connectivity index (χ3n) is 6.85. The van der Waals surface area contributed by atoms with Crippen LogP contribution in [0, 0.1) is 6.92 Å². The molecule has 0 aromatic heterocycles. The van der Waals surface area contributed by atoms with Crippen LogP contribution in [0.1, 0.15) is 42.0 Å². The van der Waals surface area contributed by atoms with Gasteiger partial charge in [-0.1, -0.05) is 54.1 Å². The van der Waals surface area contributed by atoms with E-state index in [1.54, 1.807) is 14.2 Å². The number of methoxy groups -OCH3 is 2. The molecule has 3 rings (SSSR count). The Morgan fingerprint density at radius 1 is 0.622 bits per heavy atom. The highest BCUT2D eigenvalue weighted by molar-refractivity contribution is 5.82. The van der Waals surface area contributed by atoms with Gasteiger partial charge in [0.05, 0.1) is 52.9 Å². The predicted molar refractivity (Wildman–Crippen MR) is 148 cm³/mol. The summed E-state index contributed by atoms with van der Waals surface area (Å²) < 4.78 is 33.4. The number of hydrogen-bond donors (Lipinski definition) is 0. The molecular formula is C31H44O6. The molecule has 0 bridgehead atoms. The highest BCUT2D eigenvalue weighted by Crippen LogP contribution is 2.53. The van der Waals surface area contributed by atoms with Gasteiger partial charge in [-0.3, -0.25) is 0 Å². The molecule has 1 aliphatic rings. The van der Waals surface area contributed by atoms with Crippen molar-refractivity contribution in [1.29, 1.82) is 0 Å². The zero-order chi connectivity index (χ0) is 26.3. The Morgan fingerprint density at radius 2 is 1.11 bits per heavy atom. The molecule has 6 nitrogen and oxygen atoms in total. The summed E-state index contributed by atoms with van der Waals surface area (Å²) in [6.07, 6.45) is 6.01. The van der Waals surface area contributed by atoms with Crippen molar-refractivity contribution in [3.63, 3.8) is 0 Å². The Kier molecular flexibility index (Phi) is 12.8. The number of aryl methyl sites for hydroxylation is 1. The van der Waals surface area contributed by atoms with Crippen molar-refractivity contribution in [3.05, 3.63) is 64.7 Å². The highest BCUT2D eigenvalue weighted by atomic mass is 16.5. The van der Waals surface area contributed by atoms with Gasteiger partial charge in [0.15, 0.2) is 0 Å². The average molecular weight is 513 g/mol. The van der Waals surface area contributed by atoms with E-state index < -0.39 is 0 Å². The molecule has 0 atom stereocenters. The summed E-state index contributed by atoms with van der Waals surface area (Å²) in [6.45, 7) is 10.2. The normalized spacial score (nSPS) is 13.8. The fourth-order valence-electron chi connectivity index (χ4n) is 5.01. The number of allylic oxidation sites excluding steroid dienone is 1. The van der Waals surface area contributed by atoms with E-state index in [4.69, 9.17) is 28.4 Å². The van der Waals surface area contributed by atoms with Crippen molar-refractivity contribution in [2.45, 2.75) is 32.1 Å². The summed E-state index contributed by atoms with van der Waals surface area (Å²) in [7, 11) is 3.36. The largest absolute Gasteiger partial charge is 0.382 e. The quantitative estimate of drug-likeness (QED) is 0.234. The molecule has 0 amide bonds. The van der Waals surface area contributed by atoms with E-state index in [0.29, 0.717) is 66.1 Å². The molecule has 0 unspecified atom stereocenters. The number of hydrogen-bond acceptors (Lipinski definition) is 6. The van der Waals surface area contributed by atoms with Gasteiger partial charge in [0.1, 0.15) is 0 Å². The van der Waals surface area contributed by atoms with Crippen LogP contribution in [0.4, 0.5) is 0 Å². The highest BCUT2D eigenvalue weighted by Gasteiger charge is 2.42. The zero-order valence-corrected chi connectivity index (χ0v) is 23.1. The van der Waals surface area contributed by atoms with Crippen LogP contribution < -0.4 is 0 Å². The van der Waals surface area contributed by atoms with Crippen LogP contribution >= 0.6 is 0 Å². The SMILES string of the molecule is C/C=C/c1ccc2c(c1)C(CCOCCOCCOC)(CCOCCOCCOC)c1cc(C)ccc1-2. The maximum absolute atomic E-state index is 6.07. The van der Waals surface area contributed by atoms with Gasteiger partial charge in [-0.05, 0) is 54.5 Å². The van der Waals surface area contributed by atoms with Gasteiger partial charge in [-0.15, -0.1) is 0 Å². The summed E-state index contributed by atoms with van der Waals surface area (Å²) in [6, 6.07) is 13.7. The van der Waals surface area contributed by atoms with Crippen LogP contribution in [0.15, 0.2) is 42.5 Å². The molecule has 1 aliphatic carbocycles. The molecule has 0 aliphatic heterocycles. The Labute approximate surface area is 222 Å². The van der Waals surface area contributed by atoms with Gasteiger partial charge >= 0.3 is 0 Å². The van der Waals surface area contributed by atoms with E-state index in [2.05, 4.69) is 62.4 Å². The molecule has 0 heterocycles. The molecule has 0 N–H and O–H groups in total. The van der Waals surface area contributed by atoms with Crippen LogP contribution in [0.5, 0.6) is 0 Å². The first-order valence-electron chi connectivity index (χ1n) is 13.3. The van der Waals surface area contributed by atoms with Gasteiger partial charge in [-0.2, -0.15) is 0 Å². The lowest BCUT2D eigenvalue weighted by Gasteiger charge is -2.33. The lowest BCUT2D eigenvalue weighted by Crippen LogP contribution is -2.30. The lowest BCUT2D eigenvalue weighted by atomic mass is 9.72.